The summed E-state index contributed by atoms with van der Waals surface area (Å²) in [5.41, 5.74) is 9.70. The second-order valence-corrected chi connectivity index (χ2v) is 7.30. The molecular formula is C16H14N3S2+. The molecule has 21 heavy (non-hydrogen) atoms. The Labute approximate surface area is 130 Å². The van der Waals surface area contributed by atoms with Crippen LogP contribution in [0.1, 0.15) is 9.75 Å². The lowest BCUT2D eigenvalue weighted by Crippen LogP contribution is -2.21. The molecule has 0 saturated carbocycles. The first kappa shape index (κ1) is 12.7. The molecule has 1 aliphatic rings. The molecule has 0 saturated heterocycles. The highest BCUT2D eigenvalue weighted by Gasteiger charge is 2.29. The molecule has 0 unspecified atom stereocenters. The van der Waals surface area contributed by atoms with E-state index in [-0.39, 0.29) is 0 Å². The van der Waals surface area contributed by atoms with Crippen LogP contribution in [-0.2, 0) is 0 Å². The number of hydrogen-bond donors (Lipinski definition) is 1. The predicted octanol–water partition coefficient (Wildman–Crippen LogP) is 3.96. The zero-order valence-electron chi connectivity index (χ0n) is 11.6. The van der Waals surface area contributed by atoms with Crippen LogP contribution >= 0.6 is 22.7 Å². The fraction of sp³-hybridized carbons (Fsp3) is 0.125. The van der Waals surface area contributed by atoms with Gasteiger partial charge in [-0.15, -0.1) is 22.7 Å². The van der Waals surface area contributed by atoms with Crippen molar-refractivity contribution in [3.63, 3.8) is 0 Å². The normalized spacial score (nSPS) is 14.3. The monoisotopic (exact) mass is 312 g/mol. The van der Waals surface area contributed by atoms with Crippen LogP contribution in [0.15, 0.2) is 34.6 Å². The van der Waals surface area contributed by atoms with Crippen molar-refractivity contribution in [1.82, 2.24) is 0 Å². The van der Waals surface area contributed by atoms with E-state index in [4.69, 9.17) is 5.73 Å². The number of aryl methyl sites for hydroxylation is 1. The molecule has 104 valence electrons. The Morgan fingerprint density at radius 3 is 3.00 bits per heavy atom. The molecule has 0 radical (unpaired) electrons. The minimum atomic E-state index is 0.516. The molecule has 3 nitrogen and oxygen atoms in total. The van der Waals surface area contributed by atoms with Gasteiger partial charge >= 0.3 is 0 Å². The molecule has 0 atom stereocenters. The SMILES string of the molecule is C=[N+]1CN=C(N)c2sc3cccc(-c4csc(C)c4)c3c21. The van der Waals surface area contributed by atoms with Crippen molar-refractivity contribution in [3.05, 3.63) is 39.4 Å². The van der Waals surface area contributed by atoms with Gasteiger partial charge in [-0.3, -0.25) is 0 Å². The molecule has 5 heteroatoms. The van der Waals surface area contributed by atoms with E-state index in [2.05, 4.69) is 48.3 Å². The van der Waals surface area contributed by atoms with Gasteiger partial charge in [0.1, 0.15) is 17.4 Å². The standard InChI is InChI=1S/C16H14N3S2/c1-9-6-10(7-20-9)11-4-3-5-12-13(11)14-15(21-12)16(17)18-8-19(14)2/h3-7H,2,8H2,1H3,(H2,17,18)/q+1. The van der Waals surface area contributed by atoms with Crippen LogP contribution in [0.2, 0.25) is 0 Å². The van der Waals surface area contributed by atoms with Gasteiger partial charge in [0.2, 0.25) is 12.4 Å². The predicted molar refractivity (Wildman–Crippen MR) is 92.5 cm³/mol. The van der Waals surface area contributed by atoms with E-state index in [1.807, 2.05) is 4.58 Å². The first-order chi connectivity index (χ1) is 10.1. The quantitative estimate of drug-likeness (QED) is 0.679. The lowest BCUT2D eigenvalue weighted by Gasteiger charge is -2.08. The highest BCUT2D eigenvalue weighted by Crippen LogP contribution is 2.44. The maximum atomic E-state index is 6.07. The average Bonchev–Trinajstić information content (AvgIpc) is 3.07. The average molecular weight is 312 g/mol. The van der Waals surface area contributed by atoms with E-state index in [1.165, 1.54) is 26.1 Å². The molecule has 1 aliphatic heterocycles. The molecule has 0 bridgehead atoms. The molecular weight excluding hydrogens is 298 g/mol. The number of hydrogen-bond acceptors (Lipinski definition) is 4. The minimum absolute atomic E-state index is 0.516. The molecule has 2 N–H and O–H groups in total. The number of rotatable bonds is 1. The summed E-state index contributed by atoms with van der Waals surface area (Å²) in [5, 5.41) is 3.45. The van der Waals surface area contributed by atoms with Gasteiger partial charge in [-0.25, -0.2) is 4.99 Å². The van der Waals surface area contributed by atoms with Crippen molar-refractivity contribution in [2.45, 2.75) is 6.92 Å². The number of nitrogens with two attached hydrogens (primary N) is 1. The summed E-state index contributed by atoms with van der Waals surface area (Å²) in [7, 11) is 0. The summed E-state index contributed by atoms with van der Waals surface area (Å²) in [6, 6.07) is 8.65. The summed E-state index contributed by atoms with van der Waals surface area (Å²) < 4.78 is 3.17. The molecule has 2 aromatic heterocycles. The fourth-order valence-corrected chi connectivity index (χ4v) is 4.61. The number of benzene rings is 1. The van der Waals surface area contributed by atoms with Crippen molar-refractivity contribution >= 4 is 51.0 Å². The number of thiophene rings is 2. The molecule has 0 fully saturated rings. The summed E-state index contributed by atoms with van der Waals surface area (Å²) in [6.45, 7) is 6.77. The van der Waals surface area contributed by atoms with Crippen LogP contribution in [0.5, 0.6) is 0 Å². The van der Waals surface area contributed by atoms with Crippen LogP contribution in [0, 0.1) is 6.92 Å². The zero-order chi connectivity index (χ0) is 14.6. The van der Waals surface area contributed by atoms with Crippen molar-refractivity contribution in [3.8, 4) is 11.1 Å². The van der Waals surface area contributed by atoms with E-state index in [0.717, 1.165) is 10.6 Å². The van der Waals surface area contributed by atoms with E-state index in [1.54, 1.807) is 22.7 Å². The van der Waals surface area contributed by atoms with E-state index in [0.29, 0.717) is 12.5 Å². The molecule has 0 aliphatic carbocycles. The van der Waals surface area contributed by atoms with Crippen LogP contribution in [0.4, 0.5) is 5.69 Å². The third-order valence-electron chi connectivity index (χ3n) is 3.69. The van der Waals surface area contributed by atoms with Crippen molar-refractivity contribution < 1.29 is 4.58 Å². The Morgan fingerprint density at radius 1 is 1.38 bits per heavy atom. The van der Waals surface area contributed by atoms with Crippen LogP contribution in [0.3, 0.4) is 0 Å². The Bertz CT molecular complexity index is 915. The molecule has 0 spiro atoms. The maximum Gasteiger partial charge on any atom is 0.243 e. The summed E-state index contributed by atoms with van der Waals surface area (Å²) >= 11 is 3.47. The van der Waals surface area contributed by atoms with E-state index in [9.17, 15) is 0 Å². The molecule has 4 rings (SSSR count). The number of nitrogens with zero attached hydrogens (tertiary/aromatic N) is 2. The summed E-state index contributed by atoms with van der Waals surface area (Å²) in [5.74, 6) is 0.624. The van der Waals surface area contributed by atoms with Crippen LogP contribution in [-0.4, -0.2) is 23.8 Å². The fourth-order valence-electron chi connectivity index (χ4n) is 2.74. The number of amidine groups is 1. The number of aliphatic imine (C=N–C) groups is 1. The summed E-state index contributed by atoms with van der Waals surface area (Å²) in [4.78, 5) is 6.68. The Hall–Kier alpha value is -1.98. The van der Waals surface area contributed by atoms with Crippen molar-refractivity contribution in [2.75, 3.05) is 6.67 Å². The maximum absolute atomic E-state index is 6.07. The number of fused-ring (bicyclic) bond motifs is 3. The van der Waals surface area contributed by atoms with Gasteiger partial charge in [0, 0.05) is 9.58 Å². The third kappa shape index (κ3) is 1.85. The second kappa shape index (κ2) is 4.51. The van der Waals surface area contributed by atoms with Crippen LogP contribution in [0.25, 0.3) is 21.2 Å². The Morgan fingerprint density at radius 2 is 2.24 bits per heavy atom. The third-order valence-corrected chi connectivity index (χ3v) is 5.72. The Balaban J connectivity index is 2.10. The Kier molecular flexibility index (Phi) is 2.74. The van der Waals surface area contributed by atoms with Gasteiger partial charge in [0.05, 0.1) is 5.39 Å². The topological polar surface area (TPSA) is 41.4 Å². The summed E-state index contributed by atoms with van der Waals surface area (Å²) in [6.07, 6.45) is 0. The molecule has 0 amide bonds. The second-order valence-electron chi connectivity index (χ2n) is 5.13. The van der Waals surface area contributed by atoms with Gasteiger partial charge in [-0.05, 0) is 35.6 Å². The van der Waals surface area contributed by atoms with Gasteiger partial charge < -0.3 is 5.73 Å². The van der Waals surface area contributed by atoms with E-state index < -0.39 is 0 Å². The van der Waals surface area contributed by atoms with Crippen molar-refractivity contribution in [2.24, 2.45) is 10.7 Å². The lowest BCUT2D eigenvalue weighted by molar-refractivity contribution is -0.428. The van der Waals surface area contributed by atoms with Gasteiger partial charge in [0.15, 0.2) is 0 Å². The lowest BCUT2D eigenvalue weighted by atomic mass is 10.0. The van der Waals surface area contributed by atoms with Crippen LogP contribution < -0.4 is 5.73 Å². The largest absolute Gasteiger partial charge is 0.382 e. The molecule has 3 aromatic rings. The molecule has 1 aromatic carbocycles. The molecule has 3 heterocycles. The smallest absolute Gasteiger partial charge is 0.243 e. The van der Waals surface area contributed by atoms with Gasteiger partial charge in [-0.2, -0.15) is 4.58 Å². The van der Waals surface area contributed by atoms with Crippen molar-refractivity contribution in [1.29, 1.82) is 0 Å². The highest BCUT2D eigenvalue weighted by atomic mass is 32.1. The highest BCUT2D eigenvalue weighted by molar-refractivity contribution is 7.21. The minimum Gasteiger partial charge on any atom is -0.382 e. The van der Waals surface area contributed by atoms with Gasteiger partial charge in [-0.1, -0.05) is 12.1 Å². The zero-order valence-corrected chi connectivity index (χ0v) is 13.2. The first-order valence-corrected chi connectivity index (χ1v) is 8.34. The van der Waals surface area contributed by atoms with E-state index >= 15 is 0 Å². The van der Waals surface area contributed by atoms with Gasteiger partial charge in [0.25, 0.3) is 0 Å². The first-order valence-electron chi connectivity index (χ1n) is 6.64.